The van der Waals surface area contributed by atoms with Crippen LogP contribution in [0.2, 0.25) is 0 Å². The fraction of sp³-hybridized carbons (Fsp3) is 0.333. The lowest BCUT2D eigenvalue weighted by atomic mass is 10.1. The second-order valence-electron chi connectivity index (χ2n) is 6.75. The highest BCUT2D eigenvalue weighted by Crippen LogP contribution is 2.17. The molecule has 0 unspecified atom stereocenters. The fourth-order valence-corrected chi connectivity index (χ4v) is 2.64. The second kappa shape index (κ2) is 9.07. The number of ether oxygens (including phenoxy) is 1. The van der Waals surface area contributed by atoms with Crippen molar-refractivity contribution in [3.05, 3.63) is 58.7 Å². The Bertz CT molecular complexity index is 833. The molecule has 0 heterocycles. The van der Waals surface area contributed by atoms with Crippen molar-refractivity contribution in [1.82, 2.24) is 4.90 Å². The third-order valence-electron chi connectivity index (χ3n) is 4.25. The molecule has 2 N–H and O–H groups in total. The molecule has 0 bridgehead atoms. The van der Waals surface area contributed by atoms with E-state index in [-0.39, 0.29) is 19.2 Å². The molecule has 0 spiro atoms. The van der Waals surface area contributed by atoms with Crippen LogP contribution in [0.15, 0.2) is 36.4 Å². The number of amides is 3. The standard InChI is InChI=1S/C21H27N3O3/c1-14-6-8-18(16(3)12-14)22-20(25)24(5)10-11-27-21(26)23-19-9-7-15(2)13-17(19)4/h6-9,12-13H,10-11H2,1-5H3,(H,22,25)(H,23,26). The first kappa shape index (κ1) is 20.3. The minimum atomic E-state index is -0.537. The average molecular weight is 369 g/mol. The van der Waals surface area contributed by atoms with Gasteiger partial charge in [0.1, 0.15) is 6.61 Å². The largest absolute Gasteiger partial charge is 0.447 e. The third-order valence-corrected chi connectivity index (χ3v) is 4.25. The number of urea groups is 1. The molecule has 0 saturated carbocycles. The van der Waals surface area contributed by atoms with Gasteiger partial charge in [-0.15, -0.1) is 0 Å². The molecular weight excluding hydrogens is 342 g/mol. The predicted molar refractivity (Wildman–Crippen MR) is 108 cm³/mol. The lowest BCUT2D eigenvalue weighted by Crippen LogP contribution is -2.34. The van der Waals surface area contributed by atoms with Crippen LogP contribution in [0.4, 0.5) is 21.0 Å². The molecule has 27 heavy (non-hydrogen) atoms. The van der Waals surface area contributed by atoms with Crippen LogP contribution in [0.25, 0.3) is 0 Å². The zero-order valence-corrected chi connectivity index (χ0v) is 16.6. The van der Waals surface area contributed by atoms with Crippen molar-refractivity contribution in [2.75, 3.05) is 30.8 Å². The summed E-state index contributed by atoms with van der Waals surface area (Å²) in [6, 6.07) is 11.3. The molecule has 0 saturated heterocycles. The molecule has 0 aliphatic carbocycles. The van der Waals surface area contributed by atoms with Gasteiger partial charge in [0.15, 0.2) is 0 Å². The maximum absolute atomic E-state index is 12.3. The van der Waals surface area contributed by atoms with Crippen LogP contribution in [0.3, 0.4) is 0 Å². The number of rotatable bonds is 5. The van der Waals surface area contributed by atoms with Crippen LogP contribution in [0, 0.1) is 27.7 Å². The molecule has 2 rings (SSSR count). The van der Waals surface area contributed by atoms with Crippen molar-refractivity contribution in [1.29, 1.82) is 0 Å². The Balaban J connectivity index is 1.78. The number of nitrogens with zero attached hydrogens (tertiary/aromatic N) is 1. The van der Waals surface area contributed by atoms with Crippen LogP contribution < -0.4 is 10.6 Å². The van der Waals surface area contributed by atoms with Crippen LogP contribution >= 0.6 is 0 Å². The molecule has 0 aliphatic rings. The molecular formula is C21H27N3O3. The molecule has 6 heteroatoms. The van der Waals surface area contributed by atoms with Crippen LogP contribution in [-0.4, -0.2) is 37.2 Å². The van der Waals surface area contributed by atoms with E-state index in [2.05, 4.69) is 10.6 Å². The van der Waals surface area contributed by atoms with Gasteiger partial charge in [0.05, 0.1) is 6.54 Å². The van der Waals surface area contributed by atoms with Crippen LogP contribution in [0.1, 0.15) is 22.3 Å². The van der Waals surface area contributed by atoms with Gasteiger partial charge in [-0.3, -0.25) is 5.32 Å². The summed E-state index contributed by atoms with van der Waals surface area (Å²) in [6.45, 7) is 8.26. The first-order valence-corrected chi connectivity index (χ1v) is 8.86. The number of carbonyl (C=O) groups is 2. The molecule has 2 aromatic carbocycles. The number of benzene rings is 2. The molecule has 0 aromatic heterocycles. The van der Waals surface area contributed by atoms with E-state index in [9.17, 15) is 9.59 Å². The highest BCUT2D eigenvalue weighted by atomic mass is 16.5. The van der Waals surface area contributed by atoms with Crippen molar-refractivity contribution in [3.8, 4) is 0 Å². The van der Waals surface area contributed by atoms with Crippen molar-refractivity contribution in [2.24, 2.45) is 0 Å². The Morgan fingerprint density at radius 1 is 0.889 bits per heavy atom. The van der Waals surface area contributed by atoms with Gasteiger partial charge < -0.3 is 15.0 Å². The quantitative estimate of drug-likeness (QED) is 0.807. The number of hydrogen-bond donors (Lipinski definition) is 2. The minimum absolute atomic E-state index is 0.105. The molecule has 0 radical (unpaired) electrons. The number of likely N-dealkylation sites (N-methyl/N-ethyl adjacent to an activating group) is 1. The molecule has 144 valence electrons. The van der Waals surface area contributed by atoms with Gasteiger partial charge in [-0.25, -0.2) is 9.59 Å². The van der Waals surface area contributed by atoms with Gasteiger partial charge in [-0.05, 0) is 51.0 Å². The Hall–Kier alpha value is -3.02. The summed E-state index contributed by atoms with van der Waals surface area (Å²) in [5, 5.41) is 5.57. The summed E-state index contributed by atoms with van der Waals surface area (Å²) in [5.41, 5.74) is 5.72. The van der Waals surface area contributed by atoms with E-state index in [1.807, 2.05) is 64.1 Å². The maximum Gasteiger partial charge on any atom is 0.411 e. The van der Waals surface area contributed by atoms with Gasteiger partial charge in [0.25, 0.3) is 0 Å². The number of hydrogen-bond acceptors (Lipinski definition) is 3. The molecule has 0 atom stereocenters. The normalized spacial score (nSPS) is 10.3. The number of anilines is 2. The van der Waals surface area contributed by atoms with Gasteiger partial charge in [-0.2, -0.15) is 0 Å². The van der Waals surface area contributed by atoms with E-state index in [1.54, 1.807) is 7.05 Å². The monoisotopic (exact) mass is 369 g/mol. The molecule has 0 aliphatic heterocycles. The predicted octanol–water partition coefficient (Wildman–Crippen LogP) is 4.63. The van der Waals surface area contributed by atoms with E-state index < -0.39 is 6.09 Å². The maximum atomic E-state index is 12.3. The summed E-state index contributed by atoms with van der Waals surface area (Å²) in [6.07, 6.45) is -0.537. The summed E-state index contributed by atoms with van der Waals surface area (Å²) >= 11 is 0. The highest BCUT2D eigenvalue weighted by Gasteiger charge is 2.12. The van der Waals surface area contributed by atoms with E-state index in [0.717, 1.165) is 27.9 Å². The van der Waals surface area contributed by atoms with E-state index in [0.29, 0.717) is 5.69 Å². The lowest BCUT2D eigenvalue weighted by Gasteiger charge is -2.19. The highest BCUT2D eigenvalue weighted by molar-refractivity contribution is 5.90. The number of aryl methyl sites for hydroxylation is 4. The molecule has 6 nitrogen and oxygen atoms in total. The molecule has 2 aromatic rings. The van der Waals surface area contributed by atoms with Crippen molar-refractivity contribution in [2.45, 2.75) is 27.7 Å². The summed E-state index contributed by atoms with van der Waals surface area (Å²) in [5.74, 6) is 0. The average Bonchev–Trinajstić information content (AvgIpc) is 2.59. The van der Waals surface area contributed by atoms with E-state index >= 15 is 0 Å². The van der Waals surface area contributed by atoms with Gasteiger partial charge in [0, 0.05) is 18.4 Å². The first-order valence-electron chi connectivity index (χ1n) is 8.86. The first-order chi connectivity index (χ1) is 12.8. The summed E-state index contributed by atoms with van der Waals surface area (Å²) < 4.78 is 5.17. The zero-order valence-electron chi connectivity index (χ0n) is 16.6. The Labute approximate surface area is 160 Å². The van der Waals surface area contributed by atoms with Gasteiger partial charge in [0.2, 0.25) is 0 Å². The van der Waals surface area contributed by atoms with Crippen LogP contribution in [0.5, 0.6) is 0 Å². The van der Waals surface area contributed by atoms with E-state index in [1.165, 1.54) is 4.90 Å². The fourth-order valence-electron chi connectivity index (χ4n) is 2.64. The van der Waals surface area contributed by atoms with Crippen molar-refractivity contribution >= 4 is 23.5 Å². The Morgan fingerprint density at radius 3 is 1.93 bits per heavy atom. The summed E-state index contributed by atoms with van der Waals surface area (Å²) in [4.78, 5) is 25.6. The number of nitrogens with one attached hydrogen (secondary N) is 2. The lowest BCUT2D eigenvalue weighted by molar-refractivity contribution is 0.149. The second-order valence-corrected chi connectivity index (χ2v) is 6.75. The molecule has 3 amide bonds. The van der Waals surface area contributed by atoms with E-state index in [4.69, 9.17) is 4.74 Å². The Morgan fingerprint density at radius 2 is 1.41 bits per heavy atom. The van der Waals surface area contributed by atoms with Gasteiger partial charge >= 0.3 is 12.1 Å². The Kier molecular flexibility index (Phi) is 6.82. The third kappa shape index (κ3) is 6.02. The van der Waals surface area contributed by atoms with Crippen molar-refractivity contribution < 1.29 is 14.3 Å². The zero-order chi connectivity index (χ0) is 20.0. The topological polar surface area (TPSA) is 70.7 Å². The number of carbonyl (C=O) groups excluding carboxylic acids is 2. The molecule has 0 fully saturated rings. The summed E-state index contributed by atoms with van der Waals surface area (Å²) in [7, 11) is 1.66. The smallest absolute Gasteiger partial charge is 0.411 e. The SMILES string of the molecule is Cc1ccc(NC(=O)OCCN(C)C(=O)Nc2ccc(C)cc2C)c(C)c1. The minimum Gasteiger partial charge on any atom is -0.447 e. The van der Waals surface area contributed by atoms with Crippen LogP contribution in [-0.2, 0) is 4.74 Å². The van der Waals surface area contributed by atoms with Gasteiger partial charge in [-0.1, -0.05) is 35.4 Å². The van der Waals surface area contributed by atoms with Crippen molar-refractivity contribution in [3.63, 3.8) is 0 Å².